The smallest absolute Gasteiger partial charge is 0.181 e. The summed E-state index contributed by atoms with van der Waals surface area (Å²) in [7, 11) is 0. The van der Waals surface area contributed by atoms with Crippen molar-refractivity contribution in [2.75, 3.05) is 26.4 Å². The Labute approximate surface area is 170 Å². The fourth-order valence-corrected chi connectivity index (χ4v) is 4.81. The number of piperidine rings is 1. The lowest BCUT2D eigenvalue weighted by Gasteiger charge is -2.45. The molecule has 7 heteroatoms. The van der Waals surface area contributed by atoms with Crippen molar-refractivity contribution >= 4 is 11.3 Å². The standard InChI is InChI=1S/C21H29FN2O3S/c1-4-26-21(27-5-2)11-10-18(13-25)24(14-21)12-19-20(28-15(3)23-19)16-6-8-17(22)9-7-16/h6-9,18,25H,4-5,10-14H2,1-3H3. The Kier molecular flexibility index (Phi) is 7.17. The van der Waals surface area contributed by atoms with Crippen LogP contribution in [0.4, 0.5) is 4.39 Å². The number of aromatic nitrogens is 1. The molecule has 2 heterocycles. The van der Waals surface area contributed by atoms with Crippen molar-refractivity contribution in [3.8, 4) is 10.4 Å². The van der Waals surface area contributed by atoms with Gasteiger partial charge in [0.2, 0.25) is 0 Å². The van der Waals surface area contributed by atoms with Crippen LogP contribution in [0.25, 0.3) is 10.4 Å². The van der Waals surface area contributed by atoms with Crippen molar-refractivity contribution in [3.05, 3.63) is 40.8 Å². The molecule has 0 saturated carbocycles. The summed E-state index contributed by atoms with van der Waals surface area (Å²) in [5.74, 6) is -0.892. The van der Waals surface area contributed by atoms with Crippen molar-refractivity contribution in [2.24, 2.45) is 0 Å². The molecule has 3 rings (SSSR count). The maximum Gasteiger partial charge on any atom is 0.181 e. The average molecular weight is 409 g/mol. The summed E-state index contributed by atoms with van der Waals surface area (Å²) in [6.45, 7) is 8.33. The molecule has 1 unspecified atom stereocenters. The summed E-state index contributed by atoms with van der Waals surface area (Å²) in [5, 5.41) is 10.9. The molecule has 0 radical (unpaired) electrons. The molecule has 1 atom stereocenters. The van der Waals surface area contributed by atoms with Gasteiger partial charge in [0.15, 0.2) is 5.79 Å². The second-order valence-electron chi connectivity index (χ2n) is 7.07. The highest BCUT2D eigenvalue weighted by Crippen LogP contribution is 2.35. The van der Waals surface area contributed by atoms with Crippen LogP contribution in [0.3, 0.4) is 0 Å². The normalized spacial score (nSPS) is 19.8. The Balaban J connectivity index is 1.87. The van der Waals surface area contributed by atoms with Gasteiger partial charge in [0, 0.05) is 32.2 Å². The zero-order valence-corrected chi connectivity index (χ0v) is 17.6. The Bertz CT molecular complexity index is 760. The summed E-state index contributed by atoms with van der Waals surface area (Å²) in [4.78, 5) is 7.98. The number of rotatable bonds is 8. The third-order valence-electron chi connectivity index (χ3n) is 5.11. The molecule has 1 fully saturated rings. The number of likely N-dealkylation sites (tertiary alicyclic amines) is 1. The number of hydrogen-bond acceptors (Lipinski definition) is 6. The lowest BCUT2D eigenvalue weighted by molar-refractivity contribution is -0.263. The molecule has 2 aromatic rings. The number of aliphatic hydroxyl groups is 1. The molecule has 1 aromatic carbocycles. The van der Waals surface area contributed by atoms with Gasteiger partial charge in [-0.25, -0.2) is 9.37 Å². The van der Waals surface area contributed by atoms with Crippen molar-refractivity contribution < 1.29 is 19.0 Å². The Morgan fingerprint density at radius 2 is 1.93 bits per heavy atom. The monoisotopic (exact) mass is 408 g/mol. The summed E-state index contributed by atoms with van der Waals surface area (Å²) in [6, 6.07) is 6.56. The number of nitrogens with zero attached hydrogens (tertiary/aromatic N) is 2. The SMILES string of the molecule is CCOC1(OCC)CCC(CO)N(Cc2nc(C)sc2-c2ccc(F)cc2)C1. The first-order valence-electron chi connectivity index (χ1n) is 9.85. The van der Waals surface area contributed by atoms with Crippen molar-refractivity contribution in [2.45, 2.75) is 52.0 Å². The average Bonchev–Trinajstić information content (AvgIpc) is 3.03. The molecule has 1 aliphatic heterocycles. The van der Waals surface area contributed by atoms with Gasteiger partial charge >= 0.3 is 0 Å². The van der Waals surface area contributed by atoms with Crippen molar-refractivity contribution in [1.29, 1.82) is 0 Å². The fourth-order valence-electron chi connectivity index (χ4n) is 3.88. The second-order valence-corrected chi connectivity index (χ2v) is 8.28. The van der Waals surface area contributed by atoms with Gasteiger partial charge in [0.05, 0.1) is 28.7 Å². The van der Waals surface area contributed by atoms with Gasteiger partial charge in [-0.2, -0.15) is 0 Å². The Hall–Kier alpha value is -1.38. The van der Waals surface area contributed by atoms with Gasteiger partial charge in [-0.15, -0.1) is 11.3 Å². The Morgan fingerprint density at radius 1 is 1.25 bits per heavy atom. The number of benzene rings is 1. The molecular weight excluding hydrogens is 379 g/mol. The van der Waals surface area contributed by atoms with Gasteiger partial charge in [-0.05, 0) is 44.9 Å². The molecule has 1 saturated heterocycles. The Morgan fingerprint density at radius 3 is 2.54 bits per heavy atom. The van der Waals surface area contributed by atoms with E-state index in [9.17, 15) is 9.50 Å². The first-order valence-corrected chi connectivity index (χ1v) is 10.7. The van der Waals surface area contributed by atoms with Gasteiger partial charge in [-0.1, -0.05) is 12.1 Å². The zero-order valence-electron chi connectivity index (χ0n) is 16.8. The molecule has 154 valence electrons. The van der Waals surface area contributed by atoms with E-state index in [4.69, 9.17) is 14.5 Å². The summed E-state index contributed by atoms with van der Waals surface area (Å²) in [5.41, 5.74) is 1.90. The molecule has 1 aromatic heterocycles. The molecule has 0 spiro atoms. The van der Waals surface area contributed by atoms with E-state index in [1.807, 2.05) is 20.8 Å². The molecule has 5 nitrogen and oxygen atoms in total. The fraction of sp³-hybridized carbons (Fsp3) is 0.571. The lowest BCUT2D eigenvalue weighted by atomic mass is 9.96. The van der Waals surface area contributed by atoms with Gasteiger partial charge in [-0.3, -0.25) is 4.90 Å². The maximum atomic E-state index is 13.3. The minimum atomic E-state index is -0.643. The minimum Gasteiger partial charge on any atom is -0.395 e. The van der Waals surface area contributed by atoms with E-state index in [0.29, 0.717) is 26.3 Å². The number of aliphatic hydroxyl groups excluding tert-OH is 1. The highest BCUT2D eigenvalue weighted by Gasteiger charge is 2.41. The van der Waals surface area contributed by atoms with Crippen LogP contribution in [0.15, 0.2) is 24.3 Å². The van der Waals surface area contributed by atoms with Crippen LogP contribution in [0.1, 0.15) is 37.4 Å². The first-order chi connectivity index (χ1) is 13.5. The van der Waals surface area contributed by atoms with Crippen LogP contribution in [-0.4, -0.2) is 53.2 Å². The third kappa shape index (κ3) is 4.78. The summed E-state index contributed by atoms with van der Waals surface area (Å²) >= 11 is 1.61. The topological polar surface area (TPSA) is 54.8 Å². The highest BCUT2D eigenvalue weighted by molar-refractivity contribution is 7.15. The van der Waals surface area contributed by atoms with E-state index in [0.717, 1.165) is 34.0 Å². The van der Waals surface area contributed by atoms with E-state index >= 15 is 0 Å². The summed E-state index contributed by atoms with van der Waals surface area (Å²) < 4.78 is 25.3. The van der Waals surface area contributed by atoms with Gasteiger partial charge < -0.3 is 14.6 Å². The highest BCUT2D eigenvalue weighted by atomic mass is 32.1. The summed E-state index contributed by atoms with van der Waals surface area (Å²) in [6.07, 6.45) is 1.56. The largest absolute Gasteiger partial charge is 0.395 e. The first kappa shape index (κ1) is 21.3. The molecule has 1 aliphatic rings. The van der Waals surface area contributed by atoms with E-state index < -0.39 is 5.79 Å². The molecule has 28 heavy (non-hydrogen) atoms. The van der Waals surface area contributed by atoms with Crippen LogP contribution in [0.2, 0.25) is 0 Å². The second kappa shape index (κ2) is 9.41. The van der Waals surface area contributed by atoms with Crippen LogP contribution < -0.4 is 0 Å². The number of ether oxygens (including phenoxy) is 2. The maximum absolute atomic E-state index is 13.3. The van der Waals surface area contributed by atoms with E-state index in [-0.39, 0.29) is 18.5 Å². The molecular formula is C21H29FN2O3S. The van der Waals surface area contributed by atoms with Crippen molar-refractivity contribution in [1.82, 2.24) is 9.88 Å². The number of hydrogen-bond donors (Lipinski definition) is 1. The molecule has 0 amide bonds. The van der Waals surface area contributed by atoms with Gasteiger partial charge in [0.25, 0.3) is 0 Å². The van der Waals surface area contributed by atoms with Crippen LogP contribution in [0.5, 0.6) is 0 Å². The third-order valence-corrected chi connectivity index (χ3v) is 6.17. The number of halogens is 1. The predicted octanol–water partition coefficient (Wildman–Crippen LogP) is 3.98. The van der Waals surface area contributed by atoms with E-state index in [2.05, 4.69) is 4.90 Å². The molecule has 1 N–H and O–H groups in total. The minimum absolute atomic E-state index is 0.0390. The van der Waals surface area contributed by atoms with Crippen molar-refractivity contribution in [3.63, 3.8) is 0 Å². The molecule has 0 aliphatic carbocycles. The van der Waals surface area contributed by atoms with Crippen LogP contribution in [-0.2, 0) is 16.0 Å². The van der Waals surface area contributed by atoms with E-state index in [1.54, 1.807) is 23.5 Å². The quantitative estimate of drug-likeness (QED) is 0.670. The van der Waals surface area contributed by atoms with Gasteiger partial charge in [0.1, 0.15) is 5.82 Å². The number of aryl methyl sites for hydroxylation is 1. The number of thiazole rings is 1. The predicted molar refractivity (Wildman–Crippen MR) is 109 cm³/mol. The van der Waals surface area contributed by atoms with E-state index in [1.165, 1.54) is 12.1 Å². The lowest BCUT2D eigenvalue weighted by Crippen LogP contribution is -2.56. The van der Waals surface area contributed by atoms with Crippen LogP contribution in [0, 0.1) is 12.7 Å². The molecule has 0 bridgehead atoms. The van der Waals surface area contributed by atoms with Crippen LogP contribution >= 0.6 is 11.3 Å². The zero-order chi connectivity index (χ0) is 20.1.